The van der Waals surface area contributed by atoms with Crippen LogP contribution >= 0.6 is 0 Å². The number of amides is 1. The SMILES string of the molecule is O=C(NCc1cccc(OCCN2CCOCC2)c1)c1n[nH]c2c1CNCC2. The molecular weight excluding hydrogens is 358 g/mol. The number of hydrogen-bond acceptors (Lipinski definition) is 6. The van der Waals surface area contributed by atoms with Crippen LogP contribution in [0.1, 0.15) is 27.3 Å². The van der Waals surface area contributed by atoms with E-state index >= 15 is 0 Å². The molecule has 1 fully saturated rings. The molecule has 0 spiro atoms. The van der Waals surface area contributed by atoms with Crippen LogP contribution < -0.4 is 15.4 Å². The Bertz CT molecular complexity index is 801. The molecule has 8 nitrogen and oxygen atoms in total. The number of rotatable bonds is 7. The standard InChI is InChI=1S/C20H27N5O3/c26-20(19-17-14-21-5-4-18(17)23-24-19)22-13-15-2-1-3-16(12-15)28-11-8-25-6-9-27-10-7-25/h1-3,12,21H,4-11,13-14H2,(H,22,26)(H,23,24). The van der Waals surface area contributed by atoms with E-state index < -0.39 is 0 Å². The minimum absolute atomic E-state index is 0.153. The minimum Gasteiger partial charge on any atom is -0.492 e. The van der Waals surface area contributed by atoms with E-state index in [1.807, 2.05) is 24.3 Å². The number of aromatic nitrogens is 2. The van der Waals surface area contributed by atoms with Gasteiger partial charge in [0.1, 0.15) is 12.4 Å². The number of aromatic amines is 1. The Balaban J connectivity index is 1.27. The average Bonchev–Trinajstić information content (AvgIpc) is 3.17. The summed E-state index contributed by atoms with van der Waals surface area (Å²) in [6.07, 6.45) is 0.874. The Labute approximate surface area is 164 Å². The molecule has 28 heavy (non-hydrogen) atoms. The zero-order chi connectivity index (χ0) is 19.2. The summed E-state index contributed by atoms with van der Waals surface area (Å²) in [5.74, 6) is 0.668. The van der Waals surface area contributed by atoms with Crippen molar-refractivity contribution in [1.82, 2.24) is 25.7 Å². The summed E-state index contributed by atoms with van der Waals surface area (Å²) >= 11 is 0. The van der Waals surface area contributed by atoms with E-state index in [0.29, 0.717) is 25.4 Å². The molecule has 0 saturated carbocycles. The van der Waals surface area contributed by atoms with E-state index in [-0.39, 0.29) is 5.91 Å². The number of nitrogens with one attached hydrogen (secondary N) is 3. The quantitative estimate of drug-likeness (QED) is 0.650. The third-order valence-corrected chi connectivity index (χ3v) is 5.15. The molecule has 1 amide bonds. The molecule has 8 heteroatoms. The van der Waals surface area contributed by atoms with E-state index in [0.717, 1.165) is 68.4 Å². The molecule has 1 aromatic carbocycles. The lowest BCUT2D eigenvalue weighted by molar-refractivity contribution is 0.0322. The smallest absolute Gasteiger partial charge is 0.272 e. The van der Waals surface area contributed by atoms with Gasteiger partial charge in [0.2, 0.25) is 0 Å². The van der Waals surface area contributed by atoms with Crippen molar-refractivity contribution in [2.24, 2.45) is 0 Å². The molecule has 0 atom stereocenters. The molecule has 2 aliphatic rings. The molecule has 1 aromatic heterocycles. The summed E-state index contributed by atoms with van der Waals surface area (Å²) in [4.78, 5) is 14.9. The molecule has 2 aromatic rings. The topological polar surface area (TPSA) is 91.5 Å². The van der Waals surface area contributed by atoms with Crippen LogP contribution in [0.4, 0.5) is 0 Å². The summed E-state index contributed by atoms with van der Waals surface area (Å²) in [6, 6.07) is 7.85. The van der Waals surface area contributed by atoms with Crippen LogP contribution in [0.15, 0.2) is 24.3 Å². The lowest BCUT2D eigenvalue weighted by Gasteiger charge is -2.26. The van der Waals surface area contributed by atoms with E-state index in [1.54, 1.807) is 0 Å². The van der Waals surface area contributed by atoms with Crippen molar-refractivity contribution in [1.29, 1.82) is 0 Å². The summed E-state index contributed by atoms with van der Waals surface area (Å²) in [6.45, 7) is 7.08. The van der Waals surface area contributed by atoms with Crippen LogP contribution in [-0.4, -0.2) is 67.0 Å². The Morgan fingerprint density at radius 2 is 2.21 bits per heavy atom. The van der Waals surface area contributed by atoms with Gasteiger partial charge in [0, 0.05) is 56.9 Å². The Kier molecular flexibility index (Phi) is 6.20. The van der Waals surface area contributed by atoms with E-state index in [9.17, 15) is 4.79 Å². The predicted octanol–water partition coefficient (Wildman–Crippen LogP) is 0.696. The summed E-state index contributed by atoms with van der Waals surface area (Å²) < 4.78 is 11.2. The Morgan fingerprint density at radius 3 is 3.11 bits per heavy atom. The number of benzene rings is 1. The van der Waals surface area contributed by atoms with Gasteiger partial charge in [-0.25, -0.2) is 0 Å². The molecular formula is C20H27N5O3. The molecule has 150 valence electrons. The van der Waals surface area contributed by atoms with Gasteiger partial charge in [-0.3, -0.25) is 14.8 Å². The highest BCUT2D eigenvalue weighted by Gasteiger charge is 2.21. The number of ether oxygens (including phenoxy) is 2. The largest absolute Gasteiger partial charge is 0.492 e. The zero-order valence-corrected chi connectivity index (χ0v) is 16.0. The molecule has 3 heterocycles. The molecule has 2 aliphatic heterocycles. The second-order valence-electron chi connectivity index (χ2n) is 7.09. The summed E-state index contributed by atoms with van der Waals surface area (Å²) in [5, 5.41) is 13.4. The number of hydrogen-bond donors (Lipinski definition) is 3. The van der Waals surface area contributed by atoms with Crippen LogP contribution in [0.25, 0.3) is 0 Å². The van der Waals surface area contributed by atoms with Crippen LogP contribution in [0.5, 0.6) is 5.75 Å². The van der Waals surface area contributed by atoms with Crippen molar-refractivity contribution >= 4 is 5.91 Å². The van der Waals surface area contributed by atoms with Crippen LogP contribution in [0, 0.1) is 0 Å². The maximum absolute atomic E-state index is 12.5. The predicted molar refractivity (Wildman–Crippen MR) is 104 cm³/mol. The van der Waals surface area contributed by atoms with Crippen LogP contribution in [0.3, 0.4) is 0 Å². The van der Waals surface area contributed by atoms with E-state index in [4.69, 9.17) is 9.47 Å². The van der Waals surface area contributed by atoms with Gasteiger partial charge in [0.15, 0.2) is 5.69 Å². The first kappa shape index (κ1) is 18.9. The maximum Gasteiger partial charge on any atom is 0.272 e. The number of carbonyl (C=O) groups is 1. The number of morpholine rings is 1. The van der Waals surface area contributed by atoms with Gasteiger partial charge in [0.25, 0.3) is 5.91 Å². The van der Waals surface area contributed by atoms with Gasteiger partial charge in [-0.05, 0) is 17.7 Å². The number of carbonyl (C=O) groups excluding carboxylic acids is 1. The molecule has 1 saturated heterocycles. The Hall–Kier alpha value is -2.42. The third kappa shape index (κ3) is 4.70. The van der Waals surface area contributed by atoms with Crippen molar-refractivity contribution < 1.29 is 14.3 Å². The second-order valence-corrected chi connectivity index (χ2v) is 7.09. The minimum atomic E-state index is -0.153. The first-order valence-corrected chi connectivity index (χ1v) is 9.86. The number of H-pyrrole nitrogens is 1. The highest BCUT2D eigenvalue weighted by molar-refractivity contribution is 5.94. The molecule has 3 N–H and O–H groups in total. The fourth-order valence-electron chi connectivity index (χ4n) is 3.54. The molecule has 0 aliphatic carbocycles. The normalized spacial score (nSPS) is 17.1. The van der Waals surface area contributed by atoms with Crippen molar-refractivity contribution in [2.45, 2.75) is 19.5 Å². The fraction of sp³-hybridized carbons (Fsp3) is 0.500. The third-order valence-electron chi connectivity index (χ3n) is 5.15. The molecule has 4 rings (SSSR count). The van der Waals surface area contributed by atoms with Crippen molar-refractivity contribution in [2.75, 3.05) is 46.0 Å². The number of fused-ring (bicyclic) bond motifs is 1. The maximum atomic E-state index is 12.5. The number of nitrogens with zero attached hydrogens (tertiary/aromatic N) is 2. The van der Waals surface area contributed by atoms with Gasteiger partial charge < -0.3 is 20.1 Å². The van der Waals surface area contributed by atoms with Crippen LogP contribution in [0.2, 0.25) is 0 Å². The van der Waals surface area contributed by atoms with E-state index in [2.05, 4.69) is 25.7 Å². The zero-order valence-electron chi connectivity index (χ0n) is 16.0. The first-order valence-electron chi connectivity index (χ1n) is 9.86. The highest BCUT2D eigenvalue weighted by Crippen LogP contribution is 2.16. The Morgan fingerprint density at radius 1 is 1.32 bits per heavy atom. The van der Waals surface area contributed by atoms with Crippen molar-refractivity contribution in [3.05, 3.63) is 46.8 Å². The first-order chi connectivity index (χ1) is 13.8. The van der Waals surface area contributed by atoms with Crippen molar-refractivity contribution in [3.8, 4) is 5.75 Å². The van der Waals surface area contributed by atoms with Crippen LogP contribution in [-0.2, 0) is 24.2 Å². The van der Waals surface area contributed by atoms with Gasteiger partial charge in [-0.2, -0.15) is 5.10 Å². The fourth-order valence-corrected chi connectivity index (χ4v) is 3.54. The highest BCUT2D eigenvalue weighted by atomic mass is 16.5. The summed E-state index contributed by atoms with van der Waals surface area (Å²) in [5.41, 5.74) is 3.52. The van der Waals surface area contributed by atoms with Gasteiger partial charge in [-0.15, -0.1) is 0 Å². The van der Waals surface area contributed by atoms with Gasteiger partial charge >= 0.3 is 0 Å². The van der Waals surface area contributed by atoms with E-state index in [1.165, 1.54) is 0 Å². The molecule has 0 bridgehead atoms. The van der Waals surface area contributed by atoms with Gasteiger partial charge in [-0.1, -0.05) is 12.1 Å². The van der Waals surface area contributed by atoms with Gasteiger partial charge in [0.05, 0.1) is 13.2 Å². The average molecular weight is 385 g/mol. The lowest BCUT2D eigenvalue weighted by atomic mass is 10.1. The summed E-state index contributed by atoms with van der Waals surface area (Å²) in [7, 11) is 0. The lowest BCUT2D eigenvalue weighted by Crippen LogP contribution is -2.38. The van der Waals surface area contributed by atoms with Crippen molar-refractivity contribution in [3.63, 3.8) is 0 Å². The second kappa shape index (κ2) is 9.18. The molecule has 0 unspecified atom stereocenters. The monoisotopic (exact) mass is 385 g/mol. The molecule has 0 radical (unpaired) electrons.